The summed E-state index contributed by atoms with van der Waals surface area (Å²) < 4.78 is 5.36. The number of nitrogens with two attached hydrogens (primary N) is 1. The van der Waals surface area contributed by atoms with Gasteiger partial charge in [-0.3, -0.25) is 4.90 Å². The Kier molecular flexibility index (Phi) is 5.03. The van der Waals surface area contributed by atoms with Gasteiger partial charge in [0.1, 0.15) is 0 Å². The van der Waals surface area contributed by atoms with Crippen molar-refractivity contribution in [1.29, 1.82) is 0 Å². The third-order valence-corrected chi connectivity index (χ3v) is 4.68. The van der Waals surface area contributed by atoms with Crippen molar-refractivity contribution in [2.45, 2.75) is 32.9 Å². The van der Waals surface area contributed by atoms with Crippen LogP contribution in [0.1, 0.15) is 26.2 Å². The molecule has 7 heteroatoms. The second-order valence-electron chi connectivity index (χ2n) is 6.12. The van der Waals surface area contributed by atoms with Crippen LogP contribution in [-0.4, -0.2) is 34.2 Å². The van der Waals surface area contributed by atoms with Crippen LogP contribution in [0, 0.1) is 5.41 Å². The van der Waals surface area contributed by atoms with E-state index < -0.39 is 0 Å². The third kappa shape index (κ3) is 3.63. The summed E-state index contributed by atoms with van der Waals surface area (Å²) in [5, 5.41) is 8.08. The standard InChI is InChI=1S/C14H20N4OS.ClH/c1-14(2)9-18(5-3-11(14)15)7-12-16-13(17-19-12)10-4-6-20-8-10;/h4,6,8,11H,3,5,7,9,15H2,1-2H3;1H. The minimum absolute atomic E-state index is 0. The van der Waals surface area contributed by atoms with E-state index in [0.29, 0.717) is 18.3 Å². The molecule has 1 saturated heterocycles. The lowest BCUT2D eigenvalue weighted by Crippen LogP contribution is -2.52. The molecule has 0 radical (unpaired) electrons. The number of likely N-dealkylation sites (tertiary alicyclic amines) is 1. The molecule has 3 heterocycles. The zero-order chi connectivity index (χ0) is 14.2. The number of rotatable bonds is 3. The topological polar surface area (TPSA) is 68.2 Å². The Morgan fingerprint density at radius 2 is 2.33 bits per heavy atom. The van der Waals surface area contributed by atoms with E-state index in [0.717, 1.165) is 25.1 Å². The molecule has 2 N–H and O–H groups in total. The fourth-order valence-electron chi connectivity index (χ4n) is 2.64. The number of nitrogens with zero attached hydrogens (tertiary/aromatic N) is 3. The van der Waals surface area contributed by atoms with Gasteiger partial charge in [-0.2, -0.15) is 16.3 Å². The minimum atomic E-state index is 0. The van der Waals surface area contributed by atoms with Crippen molar-refractivity contribution in [1.82, 2.24) is 15.0 Å². The molecule has 1 aliphatic rings. The van der Waals surface area contributed by atoms with Gasteiger partial charge in [-0.15, -0.1) is 12.4 Å². The molecule has 1 fully saturated rings. The van der Waals surface area contributed by atoms with Crippen molar-refractivity contribution in [2.24, 2.45) is 11.1 Å². The zero-order valence-electron chi connectivity index (χ0n) is 12.3. The van der Waals surface area contributed by atoms with E-state index in [1.807, 2.05) is 16.8 Å². The van der Waals surface area contributed by atoms with Crippen LogP contribution in [0.25, 0.3) is 11.4 Å². The smallest absolute Gasteiger partial charge is 0.241 e. The Balaban J connectivity index is 0.00000161. The SMILES string of the molecule is CC1(C)CN(Cc2nc(-c3ccsc3)no2)CCC1N.Cl. The van der Waals surface area contributed by atoms with E-state index in [2.05, 4.69) is 28.9 Å². The molecule has 5 nitrogen and oxygen atoms in total. The maximum atomic E-state index is 6.16. The number of halogens is 1. The molecule has 1 unspecified atom stereocenters. The second-order valence-corrected chi connectivity index (χ2v) is 6.90. The van der Waals surface area contributed by atoms with Gasteiger partial charge in [0, 0.05) is 30.1 Å². The normalized spacial score (nSPS) is 22.0. The quantitative estimate of drug-likeness (QED) is 0.938. The van der Waals surface area contributed by atoms with Gasteiger partial charge < -0.3 is 10.3 Å². The monoisotopic (exact) mass is 328 g/mol. The molecule has 0 amide bonds. The van der Waals surface area contributed by atoms with Crippen LogP contribution in [0.3, 0.4) is 0 Å². The molecule has 116 valence electrons. The van der Waals surface area contributed by atoms with Crippen LogP contribution in [-0.2, 0) is 6.54 Å². The fraction of sp³-hybridized carbons (Fsp3) is 0.571. The summed E-state index contributed by atoms with van der Waals surface area (Å²) in [5.74, 6) is 1.35. The lowest BCUT2D eigenvalue weighted by Gasteiger charge is -2.42. The maximum absolute atomic E-state index is 6.16. The zero-order valence-corrected chi connectivity index (χ0v) is 13.9. The van der Waals surface area contributed by atoms with Gasteiger partial charge in [0.05, 0.1) is 6.54 Å². The highest BCUT2D eigenvalue weighted by molar-refractivity contribution is 7.08. The van der Waals surface area contributed by atoms with Crippen LogP contribution >= 0.6 is 23.7 Å². The van der Waals surface area contributed by atoms with Crippen molar-refractivity contribution in [3.63, 3.8) is 0 Å². The maximum Gasteiger partial charge on any atom is 0.241 e. The molecule has 0 bridgehead atoms. The summed E-state index contributed by atoms with van der Waals surface area (Å²) in [6, 6.07) is 2.27. The Morgan fingerprint density at radius 3 is 3.00 bits per heavy atom. The molecule has 21 heavy (non-hydrogen) atoms. The van der Waals surface area contributed by atoms with Crippen LogP contribution < -0.4 is 5.73 Å². The average molecular weight is 329 g/mol. The van der Waals surface area contributed by atoms with Crippen LogP contribution in [0.2, 0.25) is 0 Å². The summed E-state index contributed by atoms with van der Waals surface area (Å²) in [7, 11) is 0. The number of thiophene rings is 1. The molecule has 1 atom stereocenters. The third-order valence-electron chi connectivity index (χ3n) is 4.00. The number of aromatic nitrogens is 2. The lowest BCUT2D eigenvalue weighted by atomic mass is 9.80. The van der Waals surface area contributed by atoms with E-state index in [1.165, 1.54) is 0 Å². The molecular formula is C14H21ClN4OS. The Hall–Kier alpha value is -0.950. The molecule has 3 rings (SSSR count). The largest absolute Gasteiger partial charge is 0.338 e. The summed E-state index contributed by atoms with van der Waals surface area (Å²) in [4.78, 5) is 6.81. The highest BCUT2D eigenvalue weighted by Crippen LogP contribution is 2.28. The number of hydrogen-bond acceptors (Lipinski definition) is 6. The second kappa shape index (κ2) is 6.44. The van der Waals surface area contributed by atoms with Gasteiger partial charge in [0.2, 0.25) is 11.7 Å². The van der Waals surface area contributed by atoms with Gasteiger partial charge in [0.25, 0.3) is 0 Å². The van der Waals surface area contributed by atoms with E-state index in [9.17, 15) is 0 Å². The van der Waals surface area contributed by atoms with Crippen molar-refractivity contribution in [3.05, 3.63) is 22.7 Å². The first-order valence-electron chi connectivity index (χ1n) is 6.88. The summed E-state index contributed by atoms with van der Waals surface area (Å²) in [6.45, 7) is 7.08. The lowest BCUT2D eigenvalue weighted by molar-refractivity contribution is 0.0811. The van der Waals surface area contributed by atoms with E-state index in [4.69, 9.17) is 10.3 Å². The van der Waals surface area contributed by atoms with E-state index in [1.54, 1.807) is 11.3 Å². The first kappa shape index (κ1) is 16.4. The first-order valence-corrected chi connectivity index (χ1v) is 7.82. The van der Waals surface area contributed by atoms with Crippen molar-refractivity contribution < 1.29 is 4.52 Å². The molecule has 0 aromatic carbocycles. The molecule has 1 aliphatic heterocycles. The highest BCUT2D eigenvalue weighted by Gasteiger charge is 2.33. The predicted molar refractivity (Wildman–Crippen MR) is 86.5 cm³/mol. The molecular weight excluding hydrogens is 308 g/mol. The van der Waals surface area contributed by atoms with Crippen LogP contribution in [0.5, 0.6) is 0 Å². The summed E-state index contributed by atoms with van der Waals surface area (Å²) >= 11 is 1.63. The Labute approximate surface area is 134 Å². The van der Waals surface area contributed by atoms with Gasteiger partial charge >= 0.3 is 0 Å². The molecule has 2 aromatic rings. The van der Waals surface area contributed by atoms with Crippen LogP contribution in [0.4, 0.5) is 0 Å². The van der Waals surface area contributed by atoms with Gasteiger partial charge in [-0.05, 0) is 23.3 Å². The summed E-state index contributed by atoms with van der Waals surface area (Å²) in [5.41, 5.74) is 7.31. The number of piperidine rings is 1. The summed E-state index contributed by atoms with van der Waals surface area (Å²) in [6.07, 6.45) is 1.01. The van der Waals surface area contributed by atoms with Gasteiger partial charge in [-0.25, -0.2) is 0 Å². The minimum Gasteiger partial charge on any atom is -0.338 e. The van der Waals surface area contributed by atoms with Crippen molar-refractivity contribution in [2.75, 3.05) is 13.1 Å². The first-order chi connectivity index (χ1) is 9.54. The predicted octanol–water partition coefficient (Wildman–Crippen LogP) is 2.78. The average Bonchev–Trinajstić information content (AvgIpc) is 3.03. The van der Waals surface area contributed by atoms with Crippen molar-refractivity contribution >= 4 is 23.7 Å². The van der Waals surface area contributed by atoms with Crippen LogP contribution in [0.15, 0.2) is 21.3 Å². The van der Waals surface area contributed by atoms with E-state index >= 15 is 0 Å². The molecule has 2 aromatic heterocycles. The highest BCUT2D eigenvalue weighted by atomic mass is 35.5. The van der Waals surface area contributed by atoms with Crippen molar-refractivity contribution in [3.8, 4) is 11.4 Å². The number of hydrogen-bond donors (Lipinski definition) is 1. The molecule has 0 spiro atoms. The Morgan fingerprint density at radius 1 is 1.52 bits per heavy atom. The molecule has 0 saturated carbocycles. The fourth-order valence-corrected chi connectivity index (χ4v) is 3.27. The molecule has 0 aliphatic carbocycles. The van der Waals surface area contributed by atoms with Gasteiger partial charge in [0.15, 0.2) is 0 Å². The van der Waals surface area contributed by atoms with Gasteiger partial charge in [-0.1, -0.05) is 19.0 Å². The van der Waals surface area contributed by atoms with E-state index in [-0.39, 0.29) is 23.9 Å². The Bertz CT molecular complexity index is 569.